The number of nitrogens with one attached hydrogen (secondary N) is 2. The van der Waals surface area contributed by atoms with Gasteiger partial charge in [-0.2, -0.15) is 0 Å². The van der Waals surface area contributed by atoms with Crippen LogP contribution >= 0.6 is 0 Å². The maximum atomic E-state index is 12.0. The first-order valence-corrected chi connectivity index (χ1v) is 6.47. The van der Waals surface area contributed by atoms with Gasteiger partial charge >= 0.3 is 0 Å². The zero-order valence-corrected chi connectivity index (χ0v) is 11.9. The monoisotopic (exact) mass is 289 g/mol. The quantitative estimate of drug-likeness (QED) is 0.657. The molecule has 1 aromatic rings. The average Bonchev–Trinajstić information content (AvgIpc) is 2.45. The number of primary amides is 1. The highest BCUT2D eigenvalue weighted by Gasteiger charge is 2.22. The summed E-state index contributed by atoms with van der Waals surface area (Å²) >= 11 is 0. The predicted molar refractivity (Wildman–Crippen MR) is 80.0 cm³/mol. The van der Waals surface area contributed by atoms with E-state index < -0.39 is 17.9 Å². The molecule has 21 heavy (non-hydrogen) atoms. The van der Waals surface area contributed by atoms with E-state index in [2.05, 4.69) is 17.2 Å². The van der Waals surface area contributed by atoms with Crippen molar-refractivity contribution in [2.75, 3.05) is 7.05 Å². The van der Waals surface area contributed by atoms with Gasteiger partial charge in [-0.1, -0.05) is 36.9 Å². The normalized spacial score (nSPS) is 11.3. The molecule has 1 aromatic carbocycles. The maximum Gasteiger partial charge on any atom is 0.242 e. The van der Waals surface area contributed by atoms with Gasteiger partial charge in [0.2, 0.25) is 17.7 Å². The van der Waals surface area contributed by atoms with Crippen molar-refractivity contribution in [3.63, 3.8) is 0 Å². The summed E-state index contributed by atoms with van der Waals surface area (Å²) in [5.41, 5.74) is 6.71. The average molecular weight is 289 g/mol. The molecular weight excluding hydrogens is 270 g/mol. The van der Waals surface area contributed by atoms with Gasteiger partial charge in [0.25, 0.3) is 0 Å². The third-order valence-electron chi connectivity index (χ3n) is 2.93. The molecule has 1 atom stereocenters. The molecule has 0 radical (unpaired) electrons. The van der Waals surface area contributed by atoms with Gasteiger partial charge in [-0.05, 0) is 11.1 Å². The van der Waals surface area contributed by atoms with Gasteiger partial charge in [0, 0.05) is 7.05 Å². The minimum Gasteiger partial charge on any atom is -0.370 e. The second kappa shape index (κ2) is 7.84. The lowest BCUT2D eigenvalue weighted by Gasteiger charge is -2.16. The van der Waals surface area contributed by atoms with Crippen LogP contribution in [0.15, 0.2) is 30.8 Å². The van der Waals surface area contributed by atoms with Gasteiger partial charge in [-0.25, -0.2) is 0 Å². The van der Waals surface area contributed by atoms with Crippen LogP contribution in [0, 0.1) is 0 Å². The summed E-state index contributed by atoms with van der Waals surface area (Å²) in [5.74, 6) is -1.48. The lowest BCUT2D eigenvalue weighted by Crippen LogP contribution is -2.48. The number of hydrogen-bond acceptors (Lipinski definition) is 3. The highest BCUT2D eigenvalue weighted by Crippen LogP contribution is 2.10. The Kier molecular flexibility index (Phi) is 6.13. The van der Waals surface area contributed by atoms with E-state index in [0.29, 0.717) is 0 Å². The summed E-state index contributed by atoms with van der Waals surface area (Å²) in [6, 6.07) is 6.35. The number of benzene rings is 1. The van der Waals surface area contributed by atoms with Gasteiger partial charge < -0.3 is 16.4 Å². The zero-order valence-electron chi connectivity index (χ0n) is 11.9. The molecule has 6 heteroatoms. The smallest absolute Gasteiger partial charge is 0.242 e. The molecule has 4 N–H and O–H groups in total. The van der Waals surface area contributed by atoms with E-state index in [0.717, 1.165) is 11.1 Å². The Morgan fingerprint density at radius 3 is 2.57 bits per heavy atom. The Hall–Kier alpha value is -2.63. The van der Waals surface area contributed by atoms with Crippen molar-refractivity contribution in [3.8, 4) is 0 Å². The van der Waals surface area contributed by atoms with Crippen LogP contribution in [-0.4, -0.2) is 30.8 Å². The van der Waals surface area contributed by atoms with Gasteiger partial charge in [-0.15, -0.1) is 0 Å². The Balaban J connectivity index is 2.75. The van der Waals surface area contributed by atoms with E-state index in [9.17, 15) is 14.4 Å². The molecule has 0 saturated heterocycles. The molecule has 0 aromatic heterocycles. The number of hydrogen-bond donors (Lipinski definition) is 3. The third kappa shape index (κ3) is 5.10. The number of carbonyl (C=O) groups is 3. The first-order valence-electron chi connectivity index (χ1n) is 6.47. The van der Waals surface area contributed by atoms with E-state index in [1.54, 1.807) is 12.1 Å². The van der Waals surface area contributed by atoms with Crippen LogP contribution < -0.4 is 16.4 Å². The fourth-order valence-corrected chi connectivity index (χ4v) is 1.90. The minimum atomic E-state index is -0.962. The van der Waals surface area contributed by atoms with E-state index in [4.69, 9.17) is 5.73 Å². The number of carbonyl (C=O) groups excluding carboxylic acids is 3. The standard InChI is InChI=1S/C15H19N3O3/c1-3-10-6-4-5-7-11(10)8-14(20)18-12(9-13(16)19)15(21)17-2/h3-7,12H,1,8-9H2,2H3,(H2,16,19)(H,17,21)(H,18,20)/t12-/m0/s1. The maximum absolute atomic E-state index is 12.0. The lowest BCUT2D eigenvalue weighted by atomic mass is 10.0. The van der Waals surface area contributed by atoms with Crippen LogP contribution in [0.5, 0.6) is 0 Å². The van der Waals surface area contributed by atoms with E-state index in [-0.39, 0.29) is 18.7 Å². The fourth-order valence-electron chi connectivity index (χ4n) is 1.90. The molecule has 0 saturated carbocycles. The molecule has 0 aliphatic heterocycles. The first-order chi connectivity index (χ1) is 9.97. The van der Waals surface area contributed by atoms with Crippen LogP contribution in [-0.2, 0) is 20.8 Å². The number of likely N-dealkylation sites (N-methyl/N-ethyl adjacent to an activating group) is 1. The SMILES string of the molecule is C=Cc1ccccc1CC(=O)N[C@@H](CC(N)=O)C(=O)NC. The minimum absolute atomic E-state index is 0.0917. The summed E-state index contributed by atoms with van der Waals surface area (Å²) in [4.78, 5) is 34.6. The lowest BCUT2D eigenvalue weighted by molar-refractivity contribution is -0.130. The van der Waals surface area contributed by atoms with E-state index in [1.165, 1.54) is 7.05 Å². The van der Waals surface area contributed by atoms with Crippen LogP contribution in [0.4, 0.5) is 0 Å². The van der Waals surface area contributed by atoms with Crippen molar-refractivity contribution >= 4 is 23.8 Å². The predicted octanol–water partition coefficient (Wildman–Crippen LogP) is -0.0217. The van der Waals surface area contributed by atoms with Crippen molar-refractivity contribution < 1.29 is 14.4 Å². The van der Waals surface area contributed by atoms with Gasteiger partial charge in [0.1, 0.15) is 6.04 Å². The molecule has 0 spiro atoms. The Labute approximate surface area is 123 Å². The van der Waals surface area contributed by atoms with Crippen molar-refractivity contribution in [2.45, 2.75) is 18.9 Å². The Morgan fingerprint density at radius 2 is 2.00 bits per heavy atom. The topological polar surface area (TPSA) is 101 Å². The molecule has 0 unspecified atom stereocenters. The van der Waals surface area contributed by atoms with E-state index >= 15 is 0 Å². The number of rotatable bonds is 7. The van der Waals surface area contributed by atoms with Gasteiger partial charge in [0.15, 0.2) is 0 Å². The summed E-state index contributed by atoms with van der Waals surface area (Å²) < 4.78 is 0. The highest BCUT2D eigenvalue weighted by molar-refractivity contribution is 5.92. The first kappa shape index (κ1) is 16.4. The molecule has 3 amide bonds. The summed E-state index contributed by atoms with van der Waals surface area (Å²) in [7, 11) is 1.43. The molecule has 1 rings (SSSR count). The largest absolute Gasteiger partial charge is 0.370 e. The third-order valence-corrected chi connectivity index (χ3v) is 2.93. The van der Waals surface area contributed by atoms with Crippen LogP contribution in [0.3, 0.4) is 0 Å². The van der Waals surface area contributed by atoms with Crippen molar-refractivity contribution in [1.82, 2.24) is 10.6 Å². The second-order valence-corrected chi connectivity index (χ2v) is 4.48. The van der Waals surface area contributed by atoms with Crippen molar-refractivity contribution in [2.24, 2.45) is 5.73 Å². The Morgan fingerprint density at radius 1 is 1.33 bits per heavy atom. The van der Waals surface area contributed by atoms with Crippen LogP contribution in [0.2, 0.25) is 0 Å². The number of nitrogens with two attached hydrogens (primary N) is 1. The molecule has 0 bridgehead atoms. The van der Waals surface area contributed by atoms with Crippen LogP contribution in [0.1, 0.15) is 17.5 Å². The molecule has 112 valence electrons. The summed E-state index contributed by atoms with van der Waals surface area (Å²) in [6.45, 7) is 3.68. The zero-order chi connectivity index (χ0) is 15.8. The van der Waals surface area contributed by atoms with E-state index in [1.807, 2.05) is 18.2 Å². The molecule has 0 heterocycles. The molecule has 0 aliphatic rings. The molecule has 0 aliphatic carbocycles. The van der Waals surface area contributed by atoms with Crippen molar-refractivity contribution in [1.29, 1.82) is 0 Å². The highest BCUT2D eigenvalue weighted by atomic mass is 16.2. The molecular formula is C15H19N3O3. The van der Waals surface area contributed by atoms with Gasteiger partial charge in [0.05, 0.1) is 12.8 Å². The van der Waals surface area contributed by atoms with Crippen LogP contribution in [0.25, 0.3) is 6.08 Å². The summed E-state index contributed by atoms with van der Waals surface area (Å²) in [6.07, 6.45) is 1.51. The van der Waals surface area contributed by atoms with Gasteiger partial charge in [-0.3, -0.25) is 14.4 Å². The molecule has 0 fully saturated rings. The summed E-state index contributed by atoms with van der Waals surface area (Å²) in [5, 5.41) is 4.90. The Bertz CT molecular complexity index is 555. The fraction of sp³-hybridized carbons (Fsp3) is 0.267. The molecule has 6 nitrogen and oxygen atoms in total. The van der Waals surface area contributed by atoms with Crippen molar-refractivity contribution in [3.05, 3.63) is 42.0 Å². The second-order valence-electron chi connectivity index (χ2n) is 4.48. The number of amides is 3.